The summed E-state index contributed by atoms with van der Waals surface area (Å²) in [4.78, 5) is 26.7. The fraction of sp³-hybridized carbons (Fsp3) is 0. The van der Waals surface area contributed by atoms with Crippen molar-refractivity contribution in [3.8, 4) is 0 Å². The second-order valence-corrected chi connectivity index (χ2v) is 3.05. The Kier molecular flexibility index (Phi) is 2.88. The molecule has 8 nitrogen and oxygen atoms in total. The van der Waals surface area contributed by atoms with E-state index in [0.717, 1.165) is 11.4 Å². The predicted octanol–water partition coefficient (Wildman–Crippen LogP) is 0.458. The van der Waals surface area contributed by atoms with Gasteiger partial charge in [-0.15, -0.1) is 5.17 Å². The average Bonchev–Trinajstić information content (AvgIpc) is 2.79. The monoisotopic (exact) mass is 236 g/mol. The molecule has 0 aliphatic carbocycles. The van der Waals surface area contributed by atoms with Gasteiger partial charge < -0.3 is 4.84 Å². The second kappa shape index (κ2) is 4.49. The molecule has 2 rings (SSSR count). The van der Waals surface area contributed by atoms with Crippen LogP contribution < -0.4 is 5.53 Å². The number of hydrogen-bond acceptors (Lipinski definition) is 6. The third-order valence-electron chi connectivity index (χ3n) is 1.91. The molecule has 1 N–H and O–H groups in total. The molecule has 8 heteroatoms. The Morgan fingerprint density at radius 2 is 2.00 bits per heavy atom. The van der Waals surface area contributed by atoms with Crippen molar-refractivity contribution in [1.29, 1.82) is 0 Å². The average molecular weight is 236 g/mol. The molecular formula is C9H8N4O4. The minimum atomic E-state index is -0.702. The van der Waals surface area contributed by atoms with Crippen LogP contribution in [0.2, 0.25) is 0 Å². The van der Waals surface area contributed by atoms with Gasteiger partial charge in [0.1, 0.15) is 6.20 Å². The number of rotatable bonds is 3. The second-order valence-electron chi connectivity index (χ2n) is 3.05. The summed E-state index contributed by atoms with van der Waals surface area (Å²) in [5.74, 6) is -0.618. The first-order valence-corrected chi connectivity index (χ1v) is 4.61. The number of hydrazine groups is 3. The lowest BCUT2D eigenvalue weighted by atomic mass is 10.2. The minimum Gasteiger partial charge on any atom is -0.319 e. The molecule has 88 valence electrons. The minimum absolute atomic E-state index is 0.349. The van der Waals surface area contributed by atoms with E-state index >= 15 is 0 Å². The van der Waals surface area contributed by atoms with Crippen molar-refractivity contribution >= 4 is 5.97 Å². The molecule has 0 unspecified atom stereocenters. The summed E-state index contributed by atoms with van der Waals surface area (Å²) in [6.45, 7) is 0. The molecule has 17 heavy (non-hydrogen) atoms. The molecule has 0 radical (unpaired) electrons. The van der Waals surface area contributed by atoms with Gasteiger partial charge in [-0.05, 0) is 17.3 Å². The number of nitrogens with one attached hydrogen (secondary N) is 1. The van der Waals surface area contributed by atoms with Crippen LogP contribution in [0.1, 0.15) is 10.4 Å². The van der Waals surface area contributed by atoms with E-state index in [9.17, 15) is 14.9 Å². The third-order valence-corrected chi connectivity index (χ3v) is 1.91. The van der Waals surface area contributed by atoms with Crippen LogP contribution in [0.15, 0.2) is 42.7 Å². The zero-order chi connectivity index (χ0) is 12.3. The van der Waals surface area contributed by atoms with Crippen LogP contribution in [0, 0.1) is 10.1 Å². The first-order chi connectivity index (χ1) is 8.16. The van der Waals surface area contributed by atoms with Crippen LogP contribution in [0.5, 0.6) is 0 Å². The van der Waals surface area contributed by atoms with Crippen LogP contribution in [0.4, 0.5) is 0 Å². The molecule has 1 aromatic rings. The topological polar surface area (TPSA) is 88.0 Å². The third kappa shape index (κ3) is 2.49. The normalized spacial score (nSPS) is 13.9. The molecule has 0 amide bonds. The Hall–Kier alpha value is -2.61. The van der Waals surface area contributed by atoms with E-state index in [1.807, 2.05) is 0 Å². The highest BCUT2D eigenvalue weighted by Crippen LogP contribution is 2.06. The van der Waals surface area contributed by atoms with Crippen LogP contribution in [0.3, 0.4) is 0 Å². The Morgan fingerprint density at radius 3 is 2.59 bits per heavy atom. The SMILES string of the molecule is O=C(ON1C=CN([N+](=O)[O-])N1)c1ccccc1. The highest BCUT2D eigenvalue weighted by molar-refractivity contribution is 5.89. The van der Waals surface area contributed by atoms with Gasteiger partial charge in [-0.25, -0.2) is 14.9 Å². The van der Waals surface area contributed by atoms with E-state index in [2.05, 4.69) is 5.53 Å². The summed E-state index contributed by atoms with van der Waals surface area (Å²) in [5.41, 5.74) is 2.55. The molecule has 0 aromatic heterocycles. The first-order valence-electron chi connectivity index (χ1n) is 4.61. The molecule has 0 fully saturated rings. The van der Waals surface area contributed by atoms with Gasteiger partial charge in [0.2, 0.25) is 0 Å². The number of nitrogens with zero attached hydrogens (tertiary/aromatic N) is 3. The van der Waals surface area contributed by atoms with E-state index in [0.29, 0.717) is 10.7 Å². The molecule has 1 aliphatic rings. The lowest BCUT2D eigenvalue weighted by Gasteiger charge is -2.14. The van der Waals surface area contributed by atoms with Gasteiger partial charge >= 0.3 is 5.97 Å². The summed E-state index contributed by atoms with van der Waals surface area (Å²) in [7, 11) is 0. The lowest BCUT2D eigenvalue weighted by Crippen LogP contribution is -2.43. The van der Waals surface area contributed by atoms with Gasteiger partial charge in [-0.3, -0.25) is 0 Å². The van der Waals surface area contributed by atoms with Gasteiger partial charge in [0, 0.05) is 0 Å². The molecule has 0 spiro atoms. The standard InChI is InChI=1S/C9H8N4O4/c14-9(8-4-2-1-3-5-8)17-12-7-6-11(10-12)13(15)16/h1-7,10H. The summed E-state index contributed by atoms with van der Waals surface area (Å²) in [6, 6.07) is 8.29. The zero-order valence-corrected chi connectivity index (χ0v) is 8.52. The summed E-state index contributed by atoms with van der Waals surface area (Å²) >= 11 is 0. The maximum absolute atomic E-state index is 11.6. The van der Waals surface area contributed by atoms with Gasteiger partial charge in [0.05, 0.1) is 11.8 Å². The molecule has 0 saturated heterocycles. The molecule has 0 saturated carbocycles. The van der Waals surface area contributed by atoms with Crippen LogP contribution >= 0.6 is 0 Å². The lowest BCUT2D eigenvalue weighted by molar-refractivity contribution is -0.660. The van der Waals surface area contributed by atoms with Crippen molar-refractivity contribution in [2.75, 3.05) is 0 Å². The largest absolute Gasteiger partial charge is 0.365 e. The molecule has 1 aliphatic heterocycles. The van der Waals surface area contributed by atoms with Crippen molar-refractivity contribution in [3.05, 3.63) is 58.4 Å². The summed E-state index contributed by atoms with van der Waals surface area (Å²) in [6.07, 6.45) is 2.32. The summed E-state index contributed by atoms with van der Waals surface area (Å²) in [5, 5.41) is 11.1. The van der Waals surface area contributed by atoms with Crippen molar-refractivity contribution in [2.24, 2.45) is 0 Å². The van der Waals surface area contributed by atoms with Gasteiger partial charge in [-0.1, -0.05) is 23.7 Å². The van der Waals surface area contributed by atoms with Crippen molar-refractivity contribution in [2.45, 2.75) is 0 Å². The van der Waals surface area contributed by atoms with E-state index in [1.165, 1.54) is 6.20 Å². The number of hydroxylamine groups is 1. The number of carbonyl (C=O) groups excluding carboxylic acids is 1. The molecule has 1 heterocycles. The number of hydrogen-bond donors (Lipinski definition) is 1. The van der Waals surface area contributed by atoms with Crippen LogP contribution in [-0.4, -0.2) is 21.3 Å². The highest BCUT2D eigenvalue weighted by atomic mass is 16.8. The quantitative estimate of drug-likeness (QED) is 0.602. The van der Waals surface area contributed by atoms with Crippen molar-refractivity contribution in [1.82, 2.24) is 15.8 Å². The highest BCUT2D eigenvalue weighted by Gasteiger charge is 2.23. The number of nitro groups is 1. The molecular weight excluding hydrogens is 228 g/mol. The predicted molar refractivity (Wildman–Crippen MR) is 54.8 cm³/mol. The Balaban J connectivity index is 1.94. The number of carbonyl (C=O) groups is 1. The molecule has 1 aromatic carbocycles. The Morgan fingerprint density at radius 1 is 1.29 bits per heavy atom. The Bertz CT molecular complexity index is 461. The van der Waals surface area contributed by atoms with Gasteiger partial charge in [0.25, 0.3) is 0 Å². The van der Waals surface area contributed by atoms with Crippen LogP contribution in [-0.2, 0) is 4.84 Å². The Labute approximate surface area is 95.7 Å². The maximum atomic E-state index is 11.6. The molecule has 0 bridgehead atoms. The van der Waals surface area contributed by atoms with Crippen molar-refractivity contribution in [3.63, 3.8) is 0 Å². The number of benzene rings is 1. The molecule has 0 atom stereocenters. The van der Waals surface area contributed by atoms with E-state index in [-0.39, 0.29) is 0 Å². The van der Waals surface area contributed by atoms with E-state index in [1.54, 1.807) is 30.3 Å². The fourth-order valence-corrected chi connectivity index (χ4v) is 1.15. The van der Waals surface area contributed by atoms with E-state index in [4.69, 9.17) is 4.84 Å². The first kappa shape index (κ1) is 10.9. The smallest absolute Gasteiger partial charge is 0.319 e. The summed E-state index contributed by atoms with van der Waals surface area (Å²) < 4.78 is 0. The van der Waals surface area contributed by atoms with Gasteiger partial charge in [-0.2, -0.15) is 0 Å². The van der Waals surface area contributed by atoms with Crippen LogP contribution in [0.25, 0.3) is 0 Å². The maximum Gasteiger partial charge on any atom is 0.365 e. The van der Waals surface area contributed by atoms with Gasteiger partial charge in [0.15, 0.2) is 5.03 Å². The van der Waals surface area contributed by atoms with E-state index < -0.39 is 11.0 Å². The van der Waals surface area contributed by atoms with Crippen molar-refractivity contribution < 1.29 is 14.7 Å². The fourth-order valence-electron chi connectivity index (χ4n) is 1.15. The zero-order valence-electron chi connectivity index (χ0n) is 8.52.